The number of halogens is 4. The van der Waals surface area contributed by atoms with Crippen molar-refractivity contribution in [3.8, 4) is 5.69 Å². The minimum absolute atomic E-state index is 0.0822. The van der Waals surface area contributed by atoms with Gasteiger partial charge in [0.05, 0.1) is 24.0 Å². The number of hydrogen-bond donors (Lipinski definition) is 1. The molecular weight excluding hydrogens is 476 g/mol. The highest BCUT2D eigenvalue weighted by Crippen LogP contribution is 2.30. The van der Waals surface area contributed by atoms with Crippen molar-refractivity contribution >= 4 is 11.7 Å². The van der Waals surface area contributed by atoms with Gasteiger partial charge in [-0.25, -0.2) is 9.37 Å². The van der Waals surface area contributed by atoms with E-state index in [9.17, 15) is 18.0 Å². The van der Waals surface area contributed by atoms with E-state index in [0.29, 0.717) is 12.1 Å². The molecule has 11 heteroatoms. The molecule has 2 aromatic heterocycles. The van der Waals surface area contributed by atoms with Crippen molar-refractivity contribution in [2.75, 3.05) is 18.4 Å². The summed E-state index contributed by atoms with van der Waals surface area (Å²) in [5.74, 6) is -0.762. The van der Waals surface area contributed by atoms with Gasteiger partial charge in [-0.1, -0.05) is 26.8 Å². The topological polar surface area (TPSA) is 75.9 Å². The van der Waals surface area contributed by atoms with Gasteiger partial charge >= 0.3 is 6.18 Å². The van der Waals surface area contributed by atoms with Gasteiger partial charge in [0, 0.05) is 19.3 Å². The summed E-state index contributed by atoms with van der Waals surface area (Å²) in [5, 5.41) is 11.1. The second-order valence-electron chi connectivity index (χ2n) is 8.41. The van der Waals surface area contributed by atoms with Crippen LogP contribution in [0.1, 0.15) is 55.1 Å². The van der Waals surface area contributed by atoms with Crippen LogP contribution in [0.25, 0.3) is 5.69 Å². The van der Waals surface area contributed by atoms with Crippen molar-refractivity contribution in [2.45, 2.75) is 52.8 Å². The van der Waals surface area contributed by atoms with E-state index in [4.69, 9.17) is 0 Å². The van der Waals surface area contributed by atoms with E-state index in [-0.39, 0.29) is 35.6 Å². The van der Waals surface area contributed by atoms with Gasteiger partial charge in [0.2, 0.25) is 0 Å². The molecule has 1 N–H and O–H groups in total. The lowest BCUT2D eigenvalue weighted by atomic mass is 9.89. The Labute approximate surface area is 207 Å². The van der Waals surface area contributed by atoms with Crippen molar-refractivity contribution < 1.29 is 22.4 Å². The summed E-state index contributed by atoms with van der Waals surface area (Å²) in [6.45, 7) is 8.26. The fraction of sp³-hybridized carbons (Fsp3) is 0.440. The lowest BCUT2D eigenvalue weighted by Gasteiger charge is -2.40. The first-order valence-electron chi connectivity index (χ1n) is 11.9. The first kappa shape index (κ1) is 27.1. The third-order valence-electron chi connectivity index (χ3n) is 6.12. The lowest BCUT2D eigenvalue weighted by molar-refractivity contribution is -0.137. The van der Waals surface area contributed by atoms with E-state index in [1.54, 1.807) is 24.0 Å². The van der Waals surface area contributed by atoms with Gasteiger partial charge in [0.1, 0.15) is 22.9 Å². The maximum atomic E-state index is 15.2. The van der Waals surface area contributed by atoms with Gasteiger partial charge in [-0.15, -0.1) is 0 Å². The Balaban J connectivity index is 0.00000176. The smallest absolute Gasteiger partial charge is 0.368 e. The standard InChI is InChI=1S/C23H24F4N6O.C2H6/c1-14-4-3-11-32(18(14)13-29-19-8-6-16(12-28-19)23(25,26)27)22(34)20-17(33-30-9-10-31-33)7-5-15(2)21(20)24;1-2/h5-10,12,14,18H,3-4,11,13H2,1-2H3,(H,28,29);1-2H3/t14-,18-;/m1./s1. The van der Waals surface area contributed by atoms with E-state index in [2.05, 4.69) is 20.5 Å². The zero-order valence-electron chi connectivity index (χ0n) is 20.7. The highest BCUT2D eigenvalue weighted by atomic mass is 19.4. The summed E-state index contributed by atoms with van der Waals surface area (Å²) < 4.78 is 53.6. The normalized spacial score (nSPS) is 17.8. The second-order valence-corrected chi connectivity index (χ2v) is 8.41. The summed E-state index contributed by atoms with van der Waals surface area (Å²) in [7, 11) is 0. The number of benzene rings is 1. The number of rotatable bonds is 5. The van der Waals surface area contributed by atoms with Crippen LogP contribution in [0, 0.1) is 18.7 Å². The molecule has 1 saturated heterocycles. The number of aryl methyl sites for hydroxylation is 1. The second kappa shape index (κ2) is 11.5. The SMILES string of the molecule is CC.Cc1ccc(-n2nccn2)c(C(=O)N2CCC[C@@H](C)[C@H]2CNc2ccc(C(F)(F)F)cn2)c1F. The monoisotopic (exact) mass is 506 g/mol. The van der Waals surface area contributed by atoms with E-state index >= 15 is 4.39 Å². The lowest BCUT2D eigenvalue weighted by Crippen LogP contribution is -2.51. The van der Waals surface area contributed by atoms with Crippen molar-refractivity contribution in [2.24, 2.45) is 5.92 Å². The zero-order chi connectivity index (χ0) is 26.5. The Kier molecular flexibility index (Phi) is 8.65. The number of carbonyl (C=O) groups is 1. The average molecular weight is 507 g/mol. The quantitative estimate of drug-likeness (QED) is 0.462. The van der Waals surface area contributed by atoms with Gasteiger partial charge in [-0.05, 0) is 49.4 Å². The molecule has 0 radical (unpaired) electrons. The molecule has 1 aromatic carbocycles. The Morgan fingerprint density at radius 1 is 1.14 bits per heavy atom. The molecule has 0 unspecified atom stereocenters. The number of alkyl halides is 3. The number of carbonyl (C=O) groups excluding carboxylic acids is 1. The van der Waals surface area contributed by atoms with Crippen LogP contribution in [0.5, 0.6) is 0 Å². The molecule has 2 atom stereocenters. The predicted octanol–water partition coefficient (Wildman–Crippen LogP) is 5.51. The highest BCUT2D eigenvalue weighted by Gasteiger charge is 2.35. The minimum atomic E-state index is -4.47. The maximum absolute atomic E-state index is 15.2. The summed E-state index contributed by atoms with van der Waals surface area (Å²) in [5.41, 5.74) is -0.376. The number of nitrogens with zero attached hydrogens (tertiary/aromatic N) is 5. The van der Waals surface area contributed by atoms with Crippen LogP contribution < -0.4 is 5.32 Å². The summed E-state index contributed by atoms with van der Waals surface area (Å²) in [6, 6.07) is 5.07. The Hall–Kier alpha value is -3.50. The Morgan fingerprint density at radius 2 is 1.83 bits per heavy atom. The summed E-state index contributed by atoms with van der Waals surface area (Å²) >= 11 is 0. The molecule has 36 heavy (non-hydrogen) atoms. The highest BCUT2D eigenvalue weighted by molar-refractivity contribution is 5.98. The predicted molar refractivity (Wildman–Crippen MR) is 128 cm³/mol. The Morgan fingerprint density at radius 3 is 2.44 bits per heavy atom. The van der Waals surface area contributed by atoms with Gasteiger partial charge in [-0.2, -0.15) is 28.2 Å². The molecule has 1 amide bonds. The van der Waals surface area contributed by atoms with Crippen LogP contribution in [0.2, 0.25) is 0 Å². The third-order valence-corrected chi connectivity index (χ3v) is 6.12. The Bertz CT molecular complexity index is 1150. The van der Waals surface area contributed by atoms with Crippen LogP contribution in [-0.2, 0) is 6.18 Å². The van der Waals surface area contributed by atoms with Gasteiger partial charge in [-0.3, -0.25) is 4.79 Å². The molecule has 0 saturated carbocycles. The molecular formula is C25H30F4N6O. The van der Waals surface area contributed by atoms with Crippen LogP contribution >= 0.6 is 0 Å². The van der Waals surface area contributed by atoms with Crippen LogP contribution in [0.4, 0.5) is 23.4 Å². The summed E-state index contributed by atoms with van der Waals surface area (Å²) in [6.07, 6.45) is 0.801. The molecule has 194 valence electrons. The van der Waals surface area contributed by atoms with Crippen LogP contribution in [0.15, 0.2) is 42.9 Å². The molecule has 0 spiro atoms. The number of hydrogen-bond acceptors (Lipinski definition) is 5. The molecule has 3 aromatic rings. The van der Waals surface area contributed by atoms with Crippen molar-refractivity contribution in [3.63, 3.8) is 0 Å². The number of aromatic nitrogens is 4. The molecule has 1 fully saturated rings. The van der Waals surface area contributed by atoms with Crippen molar-refractivity contribution in [1.82, 2.24) is 24.9 Å². The number of piperidine rings is 1. The largest absolute Gasteiger partial charge is 0.417 e. The number of likely N-dealkylation sites (tertiary alicyclic amines) is 1. The molecule has 1 aliphatic heterocycles. The summed E-state index contributed by atoms with van der Waals surface area (Å²) in [4.78, 5) is 20.3. The molecule has 0 bridgehead atoms. The van der Waals surface area contributed by atoms with E-state index in [1.807, 2.05) is 20.8 Å². The first-order chi connectivity index (χ1) is 17.2. The van der Waals surface area contributed by atoms with Gasteiger partial charge in [0.15, 0.2) is 0 Å². The zero-order valence-corrected chi connectivity index (χ0v) is 20.7. The fourth-order valence-electron chi connectivity index (χ4n) is 4.21. The number of nitrogens with one attached hydrogen (secondary N) is 1. The van der Waals surface area contributed by atoms with E-state index in [1.165, 1.54) is 23.3 Å². The number of amides is 1. The molecule has 1 aliphatic rings. The third kappa shape index (κ3) is 5.83. The minimum Gasteiger partial charge on any atom is -0.368 e. The van der Waals surface area contributed by atoms with Gasteiger partial charge < -0.3 is 10.2 Å². The molecule has 4 rings (SSSR count). The number of anilines is 1. The first-order valence-corrected chi connectivity index (χ1v) is 11.9. The number of pyridine rings is 1. The van der Waals surface area contributed by atoms with E-state index < -0.39 is 23.5 Å². The molecule has 0 aliphatic carbocycles. The van der Waals surface area contributed by atoms with Gasteiger partial charge in [0.25, 0.3) is 5.91 Å². The van der Waals surface area contributed by atoms with Crippen LogP contribution in [-0.4, -0.2) is 49.9 Å². The van der Waals surface area contributed by atoms with Crippen molar-refractivity contribution in [3.05, 3.63) is 65.4 Å². The fourth-order valence-corrected chi connectivity index (χ4v) is 4.21. The van der Waals surface area contributed by atoms with Crippen LogP contribution in [0.3, 0.4) is 0 Å². The molecule has 3 heterocycles. The average Bonchev–Trinajstić information content (AvgIpc) is 3.40. The van der Waals surface area contributed by atoms with E-state index in [0.717, 1.165) is 25.1 Å². The molecule has 7 nitrogen and oxygen atoms in total. The van der Waals surface area contributed by atoms with Crippen molar-refractivity contribution in [1.29, 1.82) is 0 Å². The maximum Gasteiger partial charge on any atom is 0.417 e.